The van der Waals surface area contributed by atoms with Gasteiger partial charge in [0.1, 0.15) is 0 Å². The molecule has 11 heavy (non-hydrogen) atoms. The highest BCUT2D eigenvalue weighted by Crippen LogP contribution is 1.93. The van der Waals surface area contributed by atoms with Crippen LogP contribution in [0.4, 0.5) is 0 Å². The number of hydrogen-bond donors (Lipinski definition) is 0. The van der Waals surface area contributed by atoms with Gasteiger partial charge in [-0.3, -0.25) is 9.36 Å². The molecule has 0 atom stereocenters. The lowest BCUT2D eigenvalue weighted by Gasteiger charge is -2.03. The minimum absolute atomic E-state index is 0.122. The molecule has 0 aliphatic heterocycles. The van der Waals surface area contributed by atoms with E-state index in [2.05, 4.69) is 10.2 Å². The third-order valence-corrected chi connectivity index (χ3v) is 2.00. The number of ether oxygens (including phenoxy) is 1. The van der Waals surface area contributed by atoms with Crippen LogP contribution >= 0.6 is 0 Å². The molecular formula is C5H8AlN3O2. The molecule has 58 valence electrons. The average molecular weight is 169 g/mol. The van der Waals surface area contributed by atoms with Gasteiger partial charge in [0, 0.05) is 11.6 Å². The van der Waals surface area contributed by atoms with Gasteiger partial charge in [-0.25, -0.2) is 0 Å². The monoisotopic (exact) mass is 169 g/mol. The highest BCUT2D eigenvalue weighted by atomic mass is 27.0. The maximum absolute atomic E-state index is 11.2. The third-order valence-electron chi connectivity index (χ3n) is 1.37. The van der Waals surface area contributed by atoms with Gasteiger partial charge in [-0.2, -0.15) is 5.10 Å². The molecule has 0 amide bonds. The van der Waals surface area contributed by atoms with E-state index in [0.29, 0.717) is 20.8 Å². The smallest absolute Gasteiger partial charge is 0.317 e. The van der Waals surface area contributed by atoms with E-state index in [9.17, 15) is 4.79 Å². The molecule has 0 spiro atoms. The first kappa shape index (κ1) is 8.24. The zero-order valence-corrected chi connectivity index (χ0v) is 8.66. The fourth-order valence-electron chi connectivity index (χ4n) is 0.735. The van der Waals surface area contributed by atoms with Crippen molar-refractivity contribution in [3.8, 4) is 6.01 Å². The lowest BCUT2D eigenvalue weighted by atomic mass is 10.8. The summed E-state index contributed by atoms with van der Waals surface area (Å²) in [7, 11) is 3.06. The van der Waals surface area contributed by atoms with E-state index < -0.39 is 0 Å². The lowest BCUT2D eigenvalue weighted by molar-refractivity contribution is 0.350. The Labute approximate surface area is 71.4 Å². The Kier molecular flexibility index (Phi) is 2.27. The second-order valence-electron chi connectivity index (χ2n) is 2.14. The number of rotatable bonds is 1. The number of methoxy groups -OCH3 is 1. The molecular weight excluding hydrogens is 161 g/mol. The van der Waals surface area contributed by atoms with Crippen molar-refractivity contribution >= 4 is 20.8 Å². The lowest BCUT2D eigenvalue weighted by Crippen LogP contribution is -2.37. The first-order chi connectivity index (χ1) is 5.16. The zero-order chi connectivity index (χ0) is 8.43. The van der Waals surface area contributed by atoms with Crippen LogP contribution in [0.3, 0.4) is 0 Å². The second kappa shape index (κ2) is 3.03. The van der Waals surface area contributed by atoms with Gasteiger partial charge in [0.05, 0.1) is 7.11 Å². The van der Waals surface area contributed by atoms with Crippen molar-refractivity contribution in [3.05, 3.63) is 10.4 Å². The summed E-state index contributed by atoms with van der Waals surface area (Å²) in [6.07, 6.45) is 0. The van der Waals surface area contributed by atoms with Crippen LogP contribution in [0, 0.1) is 0 Å². The highest BCUT2D eigenvalue weighted by molar-refractivity contribution is 6.30. The maximum atomic E-state index is 11.2. The van der Waals surface area contributed by atoms with Gasteiger partial charge in [-0.15, -0.1) is 0 Å². The Morgan fingerprint density at radius 2 is 2.18 bits per heavy atom. The standard InChI is InChI=1S/C5H6N3O2.Al.2H/c1-8-4(9)3-6-7-5(8)10-2;;;/h1-2H3;;;. The summed E-state index contributed by atoms with van der Waals surface area (Å²) in [5, 5.41) is 7.35. The molecule has 0 aliphatic rings. The summed E-state index contributed by atoms with van der Waals surface area (Å²) < 4.78 is 6.64. The van der Waals surface area contributed by atoms with Crippen molar-refractivity contribution in [2.24, 2.45) is 7.05 Å². The Balaban J connectivity index is 3.37. The Bertz CT molecular complexity index is 322. The van der Waals surface area contributed by atoms with Gasteiger partial charge < -0.3 is 4.74 Å². The van der Waals surface area contributed by atoms with Gasteiger partial charge in [-0.1, -0.05) is 5.10 Å². The molecule has 0 saturated carbocycles. The van der Waals surface area contributed by atoms with E-state index in [4.69, 9.17) is 4.74 Å². The van der Waals surface area contributed by atoms with Crippen LogP contribution in [0.1, 0.15) is 0 Å². The van der Waals surface area contributed by atoms with E-state index in [1.54, 1.807) is 7.05 Å². The van der Waals surface area contributed by atoms with Gasteiger partial charge in [-0.05, 0) is 0 Å². The topological polar surface area (TPSA) is 57.0 Å². The summed E-state index contributed by atoms with van der Waals surface area (Å²) in [6, 6.07) is 0.245. The van der Waals surface area contributed by atoms with Crippen LogP contribution in [0.15, 0.2) is 4.79 Å². The molecule has 0 N–H and O–H groups in total. The van der Waals surface area contributed by atoms with Crippen LogP contribution in [0.25, 0.3) is 0 Å². The first-order valence-electron chi connectivity index (χ1n) is 3.11. The summed E-state index contributed by atoms with van der Waals surface area (Å²) in [6.45, 7) is 0. The maximum Gasteiger partial charge on any atom is 0.317 e. The van der Waals surface area contributed by atoms with Crippen molar-refractivity contribution in [3.63, 3.8) is 0 Å². The summed E-state index contributed by atoms with van der Waals surface area (Å²) >= 11 is 0.613. The second-order valence-corrected chi connectivity index (χ2v) is 3.08. The van der Waals surface area contributed by atoms with Gasteiger partial charge >= 0.3 is 22.3 Å². The van der Waals surface area contributed by atoms with Crippen LogP contribution in [0.2, 0.25) is 0 Å². The molecule has 0 saturated heterocycles. The summed E-state index contributed by atoms with van der Waals surface area (Å²) in [5.74, 6) is 0. The molecule has 0 bridgehead atoms. The summed E-state index contributed by atoms with van der Waals surface area (Å²) in [4.78, 5) is 11.2. The predicted molar refractivity (Wildman–Crippen MR) is 42.0 cm³/mol. The van der Waals surface area contributed by atoms with E-state index >= 15 is 0 Å². The molecule has 0 fully saturated rings. The Hall–Kier alpha value is -0.858. The number of nitrogens with zero attached hydrogens (tertiary/aromatic N) is 3. The molecule has 1 rings (SSSR count). The fourth-order valence-corrected chi connectivity index (χ4v) is 1.17. The third kappa shape index (κ3) is 1.42. The molecule has 5 nitrogen and oxygen atoms in total. The Morgan fingerprint density at radius 1 is 1.55 bits per heavy atom. The molecule has 0 aromatic carbocycles. The Morgan fingerprint density at radius 3 is 2.73 bits per heavy atom. The molecule has 1 heterocycles. The van der Waals surface area contributed by atoms with Crippen molar-refractivity contribution in [2.75, 3.05) is 7.11 Å². The van der Waals surface area contributed by atoms with Gasteiger partial charge in [0.2, 0.25) is 0 Å². The minimum Gasteiger partial charge on any atom is -0.467 e. The highest BCUT2D eigenvalue weighted by Gasteiger charge is 2.03. The van der Waals surface area contributed by atoms with Crippen molar-refractivity contribution in [1.29, 1.82) is 0 Å². The molecule has 1 aromatic heterocycles. The minimum atomic E-state index is -0.122. The van der Waals surface area contributed by atoms with Crippen LogP contribution in [-0.2, 0) is 7.05 Å². The van der Waals surface area contributed by atoms with Crippen molar-refractivity contribution in [1.82, 2.24) is 14.8 Å². The van der Waals surface area contributed by atoms with Crippen molar-refractivity contribution < 1.29 is 4.74 Å². The fraction of sp³-hybridized carbons (Fsp3) is 0.400. The molecule has 0 radical (unpaired) electrons. The number of hydrogen-bond acceptors (Lipinski definition) is 4. The van der Waals surface area contributed by atoms with E-state index in [1.807, 2.05) is 0 Å². The SMILES string of the molecule is COc1nn[c]([AlH2])c(=O)n1C. The van der Waals surface area contributed by atoms with Gasteiger partial charge in [0.15, 0.2) is 0 Å². The summed E-state index contributed by atoms with van der Waals surface area (Å²) in [5.41, 5.74) is -0.122. The quantitative estimate of drug-likeness (QED) is 0.434. The predicted octanol–water partition coefficient (Wildman–Crippen LogP) is -2.56. The van der Waals surface area contributed by atoms with Crippen LogP contribution < -0.4 is 14.9 Å². The normalized spacial score (nSPS) is 9.64. The zero-order valence-electron chi connectivity index (χ0n) is 6.66. The van der Waals surface area contributed by atoms with Crippen LogP contribution in [-0.4, -0.2) is 38.2 Å². The molecule has 1 aromatic rings. The molecule has 6 heteroatoms. The molecule has 0 aliphatic carbocycles. The van der Waals surface area contributed by atoms with Crippen LogP contribution in [0.5, 0.6) is 6.01 Å². The van der Waals surface area contributed by atoms with E-state index in [0.717, 1.165) is 0 Å². The average Bonchev–Trinajstić information content (AvgIpc) is 2.01. The van der Waals surface area contributed by atoms with Gasteiger partial charge in [0.25, 0.3) is 5.56 Å². The van der Waals surface area contributed by atoms with E-state index in [1.165, 1.54) is 11.7 Å². The first-order valence-corrected chi connectivity index (χ1v) is 4.11. The van der Waals surface area contributed by atoms with E-state index in [-0.39, 0.29) is 11.6 Å². The van der Waals surface area contributed by atoms with Crippen molar-refractivity contribution in [2.45, 2.75) is 0 Å². The largest absolute Gasteiger partial charge is 0.467 e. The molecule has 0 unspecified atom stereocenters. The number of aromatic nitrogens is 3.